The van der Waals surface area contributed by atoms with Gasteiger partial charge in [-0.3, -0.25) is 4.79 Å². The fraction of sp³-hybridized carbons (Fsp3) is 0.923. The quantitative estimate of drug-likeness (QED) is 0.598. The van der Waals surface area contributed by atoms with Crippen LogP contribution in [0, 0.1) is 11.8 Å². The first-order valence-electron chi connectivity index (χ1n) is 6.60. The Labute approximate surface area is 116 Å². The van der Waals surface area contributed by atoms with Gasteiger partial charge in [-0.05, 0) is 44.9 Å². The van der Waals surface area contributed by atoms with Crippen LogP contribution in [0.15, 0.2) is 0 Å². The van der Waals surface area contributed by atoms with Gasteiger partial charge in [0, 0.05) is 19.8 Å². The molecule has 108 valence electrons. The number of ether oxygens (including phenoxy) is 2. The summed E-state index contributed by atoms with van der Waals surface area (Å²) in [5, 5.41) is 0. The Morgan fingerprint density at radius 1 is 1.39 bits per heavy atom. The van der Waals surface area contributed by atoms with Crippen molar-refractivity contribution in [1.29, 1.82) is 0 Å². The molecule has 2 N–H and O–H groups in total. The van der Waals surface area contributed by atoms with E-state index in [1.165, 1.54) is 0 Å². The number of carbonyl (C=O) groups excluding carboxylic acids is 1. The zero-order chi connectivity index (χ0) is 12.7. The molecule has 1 saturated carbocycles. The van der Waals surface area contributed by atoms with Gasteiger partial charge in [-0.25, -0.2) is 0 Å². The topological polar surface area (TPSA) is 61.5 Å². The predicted molar refractivity (Wildman–Crippen MR) is 73.8 cm³/mol. The number of hydrogen-bond acceptors (Lipinski definition) is 4. The monoisotopic (exact) mass is 279 g/mol. The van der Waals surface area contributed by atoms with Gasteiger partial charge in [0.1, 0.15) is 0 Å². The van der Waals surface area contributed by atoms with E-state index in [0.29, 0.717) is 12.5 Å². The van der Waals surface area contributed by atoms with Crippen LogP contribution in [0.4, 0.5) is 0 Å². The molecule has 0 radical (unpaired) electrons. The lowest BCUT2D eigenvalue weighted by Crippen LogP contribution is -2.37. The highest BCUT2D eigenvalue weighted by Crippen LogP contribution is 2.33. The average molecular weight is 280 g/mol. The lowest BCUT2D eigenvalue weighted by Gasteiger charge is -2.33. The maximum Gasteiger partial charge on any atom is 0.309 e. The first-order valence-corrected chi connectivity index (χ1v) is 6.60. The Morgan fingerprint density at radius 3 is 2.72 bits per heavy atom. The zero-order valence-corrected chi connectivity index (χ0v) is 12.2. The van der Waals surface area contributed by atoms with E-state index in [0.717, 1.165) is 38.7 Å². The van der Waals surface area contributed by atoms with Crippen LogP contribution in [0.5, 0.6) is 0 Å². The third-order valence-corrected chi connectivity index (χ3v) is 3.54. The minimum atomic E-state index is -0.0400. The number of halogens is 1. The second-order valence-electron chi connectivity index (χ2n) is 4.83. The summed E-state index contributed by atoms with van der Waals surface area (Å²) in [4.78, 5) is 11.9. The molecule has 0 amide bonds. The third-order valence-electron chi connectivity index (χ3n) is 3.54. The van der Waals surface area contributed by atoms with Crippen LogP contribution in [0.2, 0.25) is 0 Å². The third kappa shape index (κ3) is 5.55. The maximum atomic E-state index is 11.9. The van der Waals surface area contributed by atoms with Gasteiger partial charge < -0.3 is 15.2 Å². The van der Waals surface area contributed by atoms with E-state index in [1.807, 2.05) is 6.92 Å². The van der Waals surface area contributed by atoms with Gasteiger partial charge >= 0.3 is 5.97 Å². The van der Waals surface area contributed by atoms with Crippen molar-refractivity contribution in [3.63, 3.8) is 0 Å². The highest BCUT2D eigenvalue weighted by molar-refractivity contribution is 5.85. The molecular formula is C13H26ClNO3. The van der Waals surface area contributed by atoms with Crippen LogP contribution in [0.25, 0.3) is 0 Å². The van der Waals surface area contributed by atoms with Crippen LogP contribution in [0.3, 0.4) is 0 Å². The fourth-order valence-electron chi connectivity index (χ4n) is 2.67. The van der Waals surface area contributed by atoms with Crippen molar-refractivity contribution in [3.05, 3.63) is 0 Å². The van der Waals surface area contributed by atoms with Crippen molar-refractivity contribution >= 4 is 18.4 Å². The summed E-state index contributed by atoms with van der Waals surface area (Å²) in [7, 11) is 1.70. The molecule has 0 spiro atoms. The molecular weight excluding hydrogens is 254 g/mol. The number of hydrogen-bond donors (Lipinski definition) is 1. The lowest BCUT2D eigenvalue weighted by atomic mass is 9.75. The molecule has 0 bridgehead atoms. The minimum absolute atomic E-state index is 0. The van der Waals surface area contributed by atoms with Gasteiger partial charge in [0.05, 0.1) is 12.5 Å². The second-order valence-corrected chi connectivity index (χ2v) is 4.83. The standard InChI is InChI=1S/C13H25NO3.ClH/c1-3-17-13(15)12-7-6-11(14)9-10(12)5-4-8-16-2;/h10-12H,3-9,14H2,1-2H3;1H/t10-,11-,12+;/m1./s1. The zero-order valence-electron chi connectivity index (χ0n) is 11.4. The first kappa shape index (κ1) is 17.7. The second kappa shape index (κ2) is 9.59. The first-order chi connectivity index (χ1) is 8.19. The number of rotatable bonds is 6. The number of esters is 1. The van der Waals surface area contributed by atoms with Crippen LogP contribution < -0.4 is 5.73 Å². The van der Waals surface area contributed by atoms with Crippen LogP contribution in [0.1, 0.15) is 39.0 Å². The van der Waals surface area contributed by atoms with E-state index in [4.69, 9.17) is 15.2 Å². The van der Waals surface area contributed by atoms with Gasteiger partial charge in [-0.15, -0.1) is 12.4 Å². The Balaban J connectivity index is 0.00000289. The summed E-state index contributed by atoms with van der Waals surface area (Å²) in [6.45, 7) is 3.07. The van der Waals surface area contributed by atoms with E-state index >= 15 is 0 Å². The van der Waals surface area contributed by atoms with Crippen LogP contribution in [-0.2, 0) is 14.3 Å². The Morgan fingerprint density at radius 2 is 2.11 bits per heavy atom. The fourth-order valence-corrected chi connectivity index (χ4v) is 2.67. The molecule has 1 aliphatic carbocycles. The van der Waals surface area contributed by atoms with Crippen molar-refractivity contribution < 1.29 is 14.3 Å². The van der Waals surface area contributed by atoms with E-state index in [9.17, 15) is 4.79 Å². The van der Waals surface area contributed by atoms with Crippen molar-refractivity contribution in [2.45, 2.75) is 45.1 Å². The Bertz CT molecular complexity index is 238. The highest BCUT2D eigenvalue weighted by Gasteiger charge is 2.34. The van der Waals surface area contributed by atoms with Crippen molar-refractivity contribution in [2.24, 2.45) is 17.6 Å². The number of methoxy groups -OCH3 is 1. The van der Waals surface area contributed by atoms with Gasteiger partial charge in [-0.1, -0.05) is 0 Å². The molecule has 5 heteroatoms. The van der Waals surface area contributed by atoms with E-state index in [2.05, 4.69) is 0 Å². The molecule has 0 heterocycles. The van der Waals surface area contributed by atoms with Crippen molar-refractivity contribution in [2.75, 3.05) is 20.3 Å². The average Bonchev–Trinajstić information content (AvgIpc) is 2.30. The van der Waals surface area contributed by atoms with Crippen molar-refractivity contribution in [3.8, 4) is 0 Å². The van der Waals surface area contributed by atoms with Gasteiger partial charge in [0.2, 0.25) is 0 Å². The molecule has 0 aromatic heterocycles. The molecule has 0 unspecified atom stereocenters. The molecule has 0 aromatic carbocycles. The van der Waals surface area contributed by atoms with Crippen molar-refractivity contribution in [1.82, 2.24) is 0 Å². The SMILES string of the molecule is CCOC(=O)[C@H]1CC[C@@H](N)C[C@H]1CCCOC.Cl. The largest absolute Gasteiger partial charge is 0.466 e. The molecule has 0 saturated heterocycles. The Kier molecular flexibility index (Phi) is 9.42. The summed E-state index contributed by atoms with van der Waals surface area (Å²) < 4.78 is 10.2. The molecule has 1 fully saturated rings. The van der Waals surface area contributed by atoms with Crippen LogP contribution in [-0.4, -0.2) is 32.3 Å². The van der Waals surface area contributed by atoms with Gasteiger partial charge in [-0.2, -0.15) is 0 Å². The molecule has 18 heavy (non-hydrogen) atoms. The summed E-state index contributed by atoms with van der Waals surface area (Å²) >= 11 is 0. The normalized spacial score (nSPS) is 27.4. The Hall–Kier alpha value is -0.320. The molecule has 3 atom stereocenters. The number of nitrogens with two attached hydrogens (primary N) is 1. The number of carbonyl (C=O) groups is 1. The smallest absolute Gasteiger partial charge is 0.309 e. The van der Waals surface area contributed by atoms with Crippen LogP contribution >= 0.6 is 12.4 Å². The maximum absolute atomic E-state index is 11.9. The van der Waals surface area contributed by atoms with E-state index in [1.54, 1.807) is 7.11 Å². The highest BCUT2D eigenvalue weighted by atomic mass is 35.5. The summed E-state index contributed by atoms with van der Waals surface area (Å²) in [5.41, 5.74) is 5.98. The molecule has 0 aromatic rings. The lowest BCUT2D eigenvalue weighted by molar-refractivity contribution is -0.151. The summed E-state index contributed by atoms with van der Waals surface area (Å²) in [5.74, 6) is 0.376. The molecule has 0 aliphatic heterocycles. The molecule has 1 aliphatic rings. The molecule has 4 nitrogen and oxygen atoms in total. The van der Waals surface area contributed by atoms with Gasteiger partial charge in [0.25, 0.3) is 0 Å². The minimum Gasteiger partial charge on any atom is -0.466 e. The van der Waals surface area contributed by atoms with E-state index < -0.39 is 0 Å². The summed E-state index contributed by atoms with van der Waals surface area (Å²) in [6, 6.07) is 0.244. The van der Waals surface area contributed by atoms with E-state index in [-0.39, 0.29) is 30.3 Å². The summed E-state index contributed by atoms with van der Waals surface area (Å²) in [6.07, 6.45) is 4.74. The van der Waals surface area contributed by atoms with Gasteiger partial charge in [0.15, 0.2) is 0 Å². The molecule has 1 rings (SSSR count). The predicted octanol–water partition coefficient (Wildman–Crippen LogP) is 2.14.